The van der Waals surface area contributed by atoms with E-state index in [1.54, 1.807) is 0 Å². The van der Waals surface area contributed by atoms with E-state index in [-0.39, 0.29) is 18.1 Å². The van der Waals surface area contributed by atoms with Crippen LogP contribution in [-0.2, 0) is 4.79 Å². The van der Waals surface area contributed by atoms with Gasteiger partial charge in [-0.3, -0.25) is 9.69 Å². The van der Waals surface area contributed by atoms with E-state index in [0.717, 1.165) is 31.7 Å². The number of amides is 1. The highest BCUT2D eigenvalue weighted by Crippen LogP contribution is 2.26. The zero-order chi connectivity index (χ0) is 17.0. The highest BCUT2D eigenvalue weighted by atomic mass is 16.5. The van der Waals surface area contributed by atoms with Crippen LogP contribution in [0.4, 0.5) is 0 Å². The van der Waals surface area contributed by atoms with Gasteiger partial charge < -0.3 is 9.64 Å². The van der Waals surface area contributed by atoms with Crippen molar-refractivity contribution in [2.24, 2.45) is 0 Å². The first-order valence-electron chi connectivity index (χ1n) is 8.59. The number of aryl methyl sites for hydroxylation is 2. The van der Waals surface area contributed by atoms with Gasteiger partial charge in [-0.1, -0.05) is 18.2 Å². The molecule has 1 aromatic rings. The number of hydrogen-bond acceptors (Lipinski definition) is 3. The molecular formula is C19H30N2O2. The minimum Gasteiger partial charge on any atom is -0.490 e. The van der Waals surface area contributed by atoms with Crippen LogP contribution in [0.25, 0.3) is 0 Å². The lowest BCUT2D eigenvalue weighted by atomic mass is 10.1. The molecule has 23 heavy (non-hydrogen) atoms. The van der Waals surface area contributed by atoms with Crippen LogP contribution < -0.4 is 4.74 Å². The predicted molar refractivity (Wildman–Crippen MR) is 93.9 cm³/mol. The lowest BCUT2D eigenvalue weighted by Crippen LogP contribution is -2.45. The van der Waals surface area contributed by atoms with Crippen molar-refractivity contribution < 1.29 is 9.53 Å². The molecule has 0 radical (unpaired) electrons. The highest BCUT2D eigenvalue weighted by molar-refractivity contribution is 5.78. The summed E-state index contributed by atoms with van der Waals surface area (Å²) in [6.45, 7) is 10.6. The maximum atomic E-state index is 12.2. The second-order valence-electron chi connectivity index (χ2n) is 6.91. The highest BCUT2D eigenvalue weighted by Gasteiger charge is 2.24. The Hall–Kier alpha value is -1.55. The third-order valence-electron chi connectivity index (χ3n) is 4.75. The molecule has 1 aromatic carbocycles. The number of carbonyl (C=O) groups excluding carboxylic acids is 1. The molecule has 1 amide bonds. The largest absolute Gasteiger partial charge is 0.490 e. The summed E-state index contributed by atoms with van der Waals surface area (Å²) in [5.74, 6) is 1.23. The predicted octanol–water partition coefficient (Wildman–Crippen LogP) is 3.01. The summed E-state index contributed by atoms with van der Waals surface area (Å²) in [5.41, 5.74) is 2.39. The fraction of sp³-hybridized carbons (Fsp3) is 0.632. The van der Waals surface area contributed by atoms with E-state index in [0.29, 0.717) is 6.54 Å². The molecule has 0 aliphatic carbocycles. The van der Waals surface area contributed by atoms with Gasteiger partial charge in [0, 0.05) is 26.2 Å². The summed E-state index contributed by atoms with van der Waals surface area (Å²) in [6.07, 6.45) is 2.21. The fourth-order valence-electron chi connectivity index (χ4n) is 2.93. The SMILES string of the molecule is Cc1cccc(C)c1OC1CCN(CC(=O)N(C)C(C)C)CC1. The van der Waals surface area contributed by atoms with Crippen LogP contribution >= 0.6 is 0 Å². The van der Waals surface area contributed by atoms with Crippen molar-refractivity contribution in [2.45, 2.75) is 52.7 Å². The van der Waals surface area contributed by atoms with Crippen molar-refractivity contribution in [3.63, 3.8) is 0 Å². The average Bonchev–Trinajstić information content (AvgIpc) is 2.51. The normalized spacial score (nSPS) is 16.6. The van der Waals surface area contributed by atoms with Crippen molar-refractivity contribution >= 4 is 5.91 Å². The molecule has 128 valence electrons. The lowest BCUT2D eigenvalue weighted by Gasteiger charge is -2.33. The maximum absolute atomic E-state index is 12.2. The minimum absolute atomic E-state index is 0.203. The number of likely N-dealkylation sites (N-methyl/N-ethyl adjacent to an activating group) is 1. The molecule has 0 unspecified atom stereocenters. The van der Waals surface area contributed by atoms with Gasteiger partial charge in [-0.25, -0.2) is 0 Å². The number of benzene rings is 1. The Kier molecular flexibility index (Phi) is 6.05. The second-order valence-corrected chi connectivity index (χ2v) is 6.91. The molecule has 4 nitrogen and oxygen atoms in total. The van der Waals surface area contributed by atoms with Crippen molar-refractivity contribution in [1.82, 2.24) is 9.80 Å². The zero-order valence-electron chi connectivity index (χ0n) is 15.1. The minimum atomic E-state index is 0.203. The van der Waals surface area contributed by atoms with E-state index in [1.165, 1.54) is 11.1 Å². The summed E-state index contributed by atoms with van der Waals surface area (Å²) in [7, 11) is 1.88. The van der Waals surface area contributed by atoms with Gasteiger partial charge in [0.05, 0.1) is 6.54 Å². The van der Waals surface area contributed by atoms with Gasteiger partial charge in [0.15, 0.2) is 0 Å². The summed E-state index contributed by atoms with van der Waals surface area (Å²) >= 11 is 0. The quantitative estimate of drug-likeness (QED) is 0.836. The Morgan fingerprint density at radius 2 is 1.83 bits per heavy atom. The number of nitrogens with zero attached hydrogens (tertiary/aromatic N) is 2. The average molecular weight is 318 g/mol. The van der Waals surface area contributed by atoms with Crippen molar-refractivity contribution in [2.75, 3.05) is 26.7 Å². The van der Waals surface area contributed by atoms with Crippen LogP contribution in [0.1, 0.15) is 37.8 Å². The maximum Gasteiger partial charge on any atom is 0.236 e. The zero-order valence-corrected chi connectivity index (χ0v) is 15.1. The van der Waals surface area contributed by atoms with Gasteiger partial charge in [-0.15, -0.1) is 0 Å². The molecule has 0 bridgehead atoms. The third-order valence-corrected chi connectivity index (χ3v) is 4.75. The summed E-state index contributed by atoms with van der Waals surface area (Å²) in [4.78, 5) is 16.2. The first kappa shape index (κ1) is 17.8. The Balaban J connectivity index is 1.83. The number of piperidine rings is 1. The van der Waals surface area contributed by atoms with Gasteiger partial charge in [0.1, 0.15) is 11.9 Å². The van der Waals surface area contributed by atoms with E-state index in [2.05, 4.69) is 36.9 Å². The van der Waals surface area contributed by atoms with Gasteiger partial charge in [0.2, 0.25) is 5.91 Å². The molecule has 1 fully saturated rings. The Morgan fingerprint density at radius 3 is 2.35 bits per heavy atom. The molecule has 4 heteroatoms. The summed E-state index contributed by atoms with van der Waals surface area (Å²) in [5, 5.41) is 0. The Bertz CT molecular complexity index is 514. The fourth-order valence-corrected chi connectivity index (χ4v) is 2.93. The molecule has 0 atom stereocenters. The number of carbonyl (C=O) groups is 1. The van der Waals surface area contributed by atoms with Crippen molar-refractivity contribution in [3.05, 3.63) is 29.3 Å². The third kappa shape index (κ3) is 4.71. The first-order chi connectivity index (χ1) is 10.9. The number of ether oxygens (including phenoxy) is 1. The molecular weight excluding hydrogens is 288 g/mol. The van der Waals surface area contributed by atoms with Gasteiger partial charge in [-0.05, 0) is 51.7 Å². The first-order valence-corrected chi connectivity index (χ1v) is 8.59. The molecule has 1 saturated heterocycles. The lowest BCUT2D eigenvalue weighted by molar-refractivity contribution is -0.133. The smallest absolute Gasteiger partial charge is 0.236 e. The van der Waals surface area contributed by atoms with Crippen molar-refractivity contribution in [1.29, 1.82) is 0 Å². The monoisotopic (exact) mass is 318 g/mol. The molecule has 0 saturated carbocycles. The van der Waals surface area contributed by atoms with Gasteiger partial charge >= 0.3 is 0 Å². The van der Waals surface area contributed by atoms with Crippen LogP contribution in [-0.4, -0.2) is 54.5 Å². The number of rotatable bonds is 5. The molecule has 0 N–H and O–H groups in total. The summed E-state index contributed by atoms with van der Waals surface area (Å²) < 4.78 is 6.23. The van der Waals surface area contributed by atoms with Crippen molar-refractivity contribution in [3.8, 4) is 5.75 Å². The molecule has 0 aromatic heterocycles. The van der Waals surface area contributed by atoms with Crippen LogP contribution in [0.15, 0.2) is 18.2 Å². The Labute approximate surface area is 140 Å². The van der Waals surface area contributed by atoms with Crippen LogP contribution in [0.2, 0.25) is 0 Å². The van der Waals surface area contributed by atoms with Crippen LogP contribution in [0.3, 0.4) is 0 Å². The van der Waals surface area contributed by atoms with Crippen LogP contribution in [0, 0.1) is 13.8 Å². The van der Waals surface area contributed by atoms with Gasteiger partial charge in [-0.2, -0.15) is 0 Å². The number of hydrogen-bond donors (Lipinski definition) is 0. The molecule has 1 aliphatic rings. The molecule has 0 spiro atoms. The number of para-hydroxylation sites is 1. The number of likely N-dealkylation sites (tertiary alicyclic amines) is 1. The Morgan fingerprint density at radius 1 is 1.26 bits per heavy atom. The standard InChI is InChI=1S/C19H30N2O2/c1-14(2)20(5)18(22)13-21-11-9-17(10-12-21)23-19-15(3)7-6-8-16(19)4/h6-8,14,17H,9-13H2,1-5H3. The molecule has 1 aliphatic heterocycles. The van der Waals surface area contributed by atoms with E-state index in [9.17, 15) is 4.79 Å². The van der Waals surface area contributed by atoms with E-state index < -0.39 is 0 Å². The van der Waals surface area contributed by atoms with Crippen LogP contribution in [0.5, 0.6) is 5.75 Å². The topological polar surface area (TPSA) is 32.8 Å². The molecule has 1 heterocycles. The van der Waals surface area contributed by atoms with E-state index in [1.807, 2.05) is 25.8 Å². The molecule has 2 rings (SSSR count). The summed E-state index contributed by atoms with van der Waals surface area (Å²) in [6, 6.07) is 6.51. The van der Waals surface area contributed by atoms with E-state index in [4.69, 9.17) is 4.74 Å². The van der Waals surface area contributed by atoms with Gasteiger partial charge in [0.25, 0.3) is 0 Å². The van der Waals surface area contributed by atoms with E-state index >= 15 is 0 Å². The second kappa shape index (κ2) is 7.82.